The third kappa shape index (κ3) is 3.04. The highest BCUT2D eigenvalue weighted by atomic mass is 35.5. The highest BCUT2D eigenvalue weighted by Crippen LogP contribution is 2.42. The largest absolute Gasteiger partial charge is 0.471 e. The molecule has 3 aliphatic rings. The van der Waals surface area contributed by atoms with Crippen molar-refractivity contribution in [2.45, 2.75) is 19.5 Å². The smallest absolute Gasteiger partial charge is 0.387 e. The highest BCUT2D eigenvalue weighted by molar-refractivity contribution is 6.32. The zero-order valence-corrected chi connectivity index (χ0v) is 16.3. The van der Waals surface area contributed by atoms with Crippen LogP contribution in [0.15, 0.2) is 52.8 Å². The van der Waals surface area contributed by atoms with Crippen LogP contribution in [0.2, 0.25) is 5.02 Å². The maximum absolute atomic E-state index is 12.7. The van der Waals surface area contributed by atoms with Crippen LogP contribution in [0.5, 0.6) is 11.5 Å². The first-order valence-electron chi connectivity index (χ1n) is 8.99. The molecule has 30 heavy (non-hydrogen) atoms. The number of aliphatic imine (C=N–C) groups is 1. The Balaban J connectivity index is 1.53. The molecule has 1 saturated heterocycles. The maximum Gasteiger partial charge on any atom is 0.387 e. The predicted molar refractivity (Wildman–Crippen MR) is 108 cm³/mol. The van der Waals surface area contributed by atoms with Crippen molar-refractivity contribution in [3.63, 3.8) is 0 Å². The summed E-state index contributed by atoms with van der Waals surface area (Å²) < 4.78 is 35.3. The second-order valence-electron chi connectivity index (χ2n) is 6.73. The summed E-state index contributed by atoms with van der Waals surface area (Å²) in [5.74, 6) is -0.108. The Kier molecular flexibility index (Phi) is 4.33. The van der Waals surface area contributed by atoms with Gasteiger partial charge in [-0.2, -0.15) is 8.78 Å². The second-order valence-corrected chi connectivity index (χ2v) is 7.14. The van der Waals surface area contributed by atoms with Gasteiger partial charge in [-0.1, -0.05) is 11.6 Å². The molecule has 1 atom stereocenters. The van der Waals surface area contributed by atoms with Crippen molar-refractivity contribution in [3.8, 4) is 11.5 Å². The van der Waals surface area contributed by atoms with Gasteiger partial charge in [-0.3, -0.25) is 4.90 Å². The fraction of sp³-hybridized carbons (Fsp3) is 0.211. The van der Waals surface area contributed by atoms with Crippen LogP contribution in [0.25, 0.3) is 0 Å². The molecule has 0 saturated carbocycles. The summed E-state index contributed by atoms with van der Waals surface area (Å²) in [6.07, 6.45) is 1.67. The molecule has 3 heterocycles. The molecule has 0 amide bonds. The number of hydroxylamine groups is 1. The Labute approximate surface area is 175 Å². The van der Waals surface area contributed by atoms with Crippen LogP contribution < -0.4 is 30.5 Å². The monoisotopic (exact) mass is 435 g/mol. The molecule has 2 aromatic carbocycles. The molecular weight excluding hydrogens is 420 g/mol. The first kappa shape index (κ1) is 18.8. The molecule has 8 nitrogen and oxygen atoms in total. The lowest BCUT2D eigenvalue weighted by Crippen LogP contribution is -2.51. The molecular formula is C19H16ClF2N5O3. The Morgan fingerprint density at radius 3 is 3.00 bits per heavy atom. The molecule has 0 radical (unpaired) electrons. The van der Waals surface area contributed by atoms with Gasteiger partial charge >= 0.3 is 12.6 Å². The Morgan fingerprint density at radius 1 is 1.30 bits per heavy atom. The van der Waals surface area contributed by atoms with E-state index in [-0.39, 0.29) is 10.8 Å². The number of anilines is 3. The molecule has 2 aromatic rings. The predicted octanol–water partition coefficient (Wildman–Crippen LogP) is 4.08. The van der Waals surface area contributed by atoms with Gasteiger partial charge in [0.2, 0.25) is 0 Å². The second kappa shape index (κ2) is 6.92. The van der Waals surface area contributed by atoms with Gasteiger partial charge in [0.15, 0.2) is 6.73 Å². The lowest BCUT2D eigenvalue weighted by atomic mass is 10.2. The summed E-state index contributed by atoms with van der Waals surface area (Å²) >= 11 is 5.96. The van der Waals surface area contributed by atoms with E-state index in [1.165, 1.54) is 12.1 Å². The Bertz CT molecular complexity index is 1080. The van der Waals surface area contributed by atoms with Gasteiger partial charge < -0.3 is 20.1 Å². The van der Waals surface area contributed by atoms with Crippen molar-refractivity contribution in [1.82, 2.24) is 5.48 Å². The first-order chi connectivity index (χ1) is 14.4. The van der Waals surface area contributed by atoms with Crippen molar-refractivity contribution >= 4 is 34.9 Å². The van der Waals surface area contributed by atoms with Gasteiger partial charge in [-0.05, 0) is 37.3 Å². The van der Waals surface area contributed by atoms with Gasteiger partial charge in [0, 0.05) is 23.5 Å². The van der Waals surface area contributed by atoms with Crippen molar-refractivity contribution < 1.29 is 23.1 Å². The minimum atomic E-state index is -3.00. The third-order valence-electron chi connectivity index (χ3n) is 4.79. The molecule has 3 aliphatic heterocycles. The first-order valence-corrected chi connectivity index (χ1v) is 9.37. The number of rotatable bonds is 5. The minimum absolute atomic E-state index is 0.0638. The standard InChI is InChI=1S/C19H16ClF2N5O3/c1-10-8-24-19(25-11-2-4-13(20)16(6-11)29-18(21)22)27(17(10)26-30-19)12-3-5-15-14(7-12)23-9-28-15/h2-8,18,23,25-26H,9H2,1H3. The molecule has 2 bridgehead atoms. The van der Waals surface area contributed by atoms with E-state index in [0.717, 1.165) is 22.7 Å². The normalized spacial score (nSPS) is 21.3. The SMILES string of the molecule is CC1=C2NOC(Nc3ccc(Cl)c(OC(F)F)c3)(N=C1)N2c1ccc2c(c1)NCO2. The zero-order valence-electron chi connectivity index (χ0n) is 15.6. The summed E-state index contributed by atoms with van der Waals surface area (Å²) in [5.41, 5.74) is 5.78. The van der Waals surface area contributed by atoms with E-state index in [1.807, 2.05) is 30.0 Å². The summed E-state index contributed by atoms with van der Waals surface area (Å²) in [5, 5.41) is 6.35. The third-order valence-corrected chi connectivity index (χ3v) is 5.10. The van der Waals surface area contributed by atoms with Crippen molar-refractivity contribution in [1.29, 1.82) is 0 Å². The molecule has 3 N–H and O–H groups in total. The topological polar surface area (TPSA) is 79.4 Å². The fourth-order valence-corrected chi connectivity index (χ4v) is 3.60. The van der Waals surface area contributed by atoms with Crippen LogP contribution in [0.4, 0.5) is 25.8 Å². The van der Waals surface area contributed by atoms with E-state index < -0.39 is 12.6 Å². The van der Waals surface area contributed by atoms with Gasteiger partial charge in [-0.25, -0.2) is 15.3 Å². The molecule has 0 aliphatic carbocycles. The maximum atomic E-state index is 12.7. The molecule has 156 valence electrons. The van der Waals surface area contributed by atoms with Crippen molar-refractivity contribution in [2.75, 3.05) is 22.3 Å². The van der Waals surface area contributed by atoms with Crippen molar-refractivity contribution in [3.05, 3.63) is 52.8 Å². The van der Waals surface area contributed by atoms with E-state index in [0.29, 0.717) is 18.2 Å². The van der Waals surface area contributed by atoms with E-state index >= 15 is 0 Å². The zero-order chi connectivity index (χ0) is 20.9. The molecule has 1 fully saturated rings. The molecule has 5 rings (SSSR count). The highest BCUT2D eigenvalue weighted by Gasteiger charge is 2.49. The number of halogens is 3. The number of ether oxygens (including phenoxy) is 2. The summed E-state index contributed by atoms with van der Waals surface area (Å²) in [7, 11) is 0. The van der Waals surface area contributed by atoms with Crippen LogP contribution in [-0.2, 0) is 4.84 Å². The Hall–Kier alpha value is -3.24. The van der Waals surface area contributed by atoms with Crippen LogP contribution in [0.1, 0.15) is 6.92 Å². The number of alkyl halides is 2. The number of fused-ring (bicyclic) bond motifs is 3. The number of hydrogen-bond acceptors (Lipinski definition) is 8. The molecule has 1 unspecified atom stereocenters. The van der Waals surface area contributed by atoms with Gasteiger partial charge in [0.1, 0.15) is 17.3 Å². The van der Waals surface area contributed by atoms with Crippen LogP contribution in [-0.4, -0.2) is 25.5 Å². The minimum Gasteiger partial charge on any atom is -0.471 e. The van der Waals surface area contributed by atoms with Crippen LogP contribution >= 0.6 is 11.6 Å². The van der Waals surface area contributed by atoms with Gasteiger partial charge in [-0.15, -0.1) is 0 Å². The quantitative estimate of drug-likeness (QED) is 0.653. The summed E-state index contributed by atoms with van der Waals surface area (Å²) in [4.78, 5) is 12.2. The fourth-order valence-electron chi connectivity index (χ4n) is 3.43. The number of nitrogens with zero attached hydrogens (tertiary/aromatic N) is 2. The number of benzene rings is 2. The Morgan fingerprint density at radius 2 is 2.17 bits per heavy atom. The lowest BCUT2D eigenvalue weighted by molar-refractivity contribution is -0.0497. The van der Waals surface area contributed by atoms with E-state index in [4.69, 9.17) is 21.2 Å². The molecule has 0 spiro atoms. The lowest BCUT2D eigenvalue weighted by Gasteiger charge is -2.36. The number of allylic oxidation sites excluding steroid dienone is 1. The number of hydrogen-bond donors (Lipinski definition) is 3. The van der Waals surface area contributed by atoms with Crippen LogP contribution in [0.3, 0.4) is 0 Å². The average molecular weight is 436 g/mol. The number of nitrogens with one attached hydrogen (secondary N) is 3. The summed E-state index contributed by atoms with van der Waals surface area (Å²) in [6.45, 7) is -0.708. The van der Waals surface area contributed by atoms with Gasteiger partial charge in [0.25, 0.3) is 0 Å². The molecule has 11 heteroatoms. The van der Waals surface area contributed by atoms with Gasteiger partial charge in [0.05, 0.1) is 16.4 Å². The van der Waals surface area contributed by atoms with E-state index in [9.17, 15) is 8.78 Å². The van der Waals surface area contributed by atoms with E-state index in [1.54, 1.807) is 12.3 Å². The molecule has 0 aromatic heterocycles. The van der Waals surface area contributed by atoms with Crippen LogP contribution in [0, 0.1) is 0 Å². The average Bonchev–Trinajstić information content (AvgIpc) is 3.29. The van der Waals surface area contributed by atoms with E-state index in [2.05, 4.69) is 25.8 Å². The van der Waals surface area contributed by atoms with Crippen molar-refractivity contribution in [2.24, 2.45) is 4.99 Å². The summed E-state index contributed by atoms with van der Waals surface area (Å²) in [6, 6.07) is 10.1.